The maximum Gasteiger partial charge on any atom is 0.260 e. The first-order chi connectivity index (χ1) is 12.3. The monoisotopic (exact) mass is 340 g/mol. The fourth-order valence-corrected chi connectivity index (χ4v) is 3.86. The third kappa shape index (κ3) is 3.15. The maximum atomic E-state index is 12.7. The maximum absolute atomic E-state index is 12.7. The first kappa shape index (κ1) is 16.2. The molecule has 25 heavy (non-hydrogen) atoms. The number of rotatable bonds is 4. The van der Waals surface area contributed by atoms with Crippen LogP contribution in [0.25, 0.3) is 0 Å². The molecule has 0 atom stereocenters. The fraction of sp³-hybridized carbons (Fsp3) is 0.500. The van der Waals surface area contributed by atoms with Crippen molar-refractivity contribution in [2.75, 3.05) is 25.1 Å². The van der Waals surface area contributed by atoms with Crippen LogP contribution in [0.5, 0.6) is 11.5 Å². The molecule has 1 aromatic rings. The van der Waals surface area contributed by atoms with Crippen LogP contribution in [0.1, 0.15) is 38.5 Å². The number of ether oxygens (including phenoxy) is 2. The minimum absolute atomic E-state index is 0.0345. The summed E-state index contributed by atoms with van der Waals surface area (Å²) < 4.78 is 11.7. The zero-order valence-electron chi connectivity index (χ0n) is 14.7. The van der Waals surface area contributed by atoms with E-state index in [1.807, 2.05) is 23.1 Å². The van der Waals surface area contributed by atoms with Crippen LogP contribution in [0, 0.1) is 0 Å². The lowest BCUT2D eigenvalue weighted by molar-refractivity contribution is -0.114. The highest BCUT2D eigenvalue weighted by Gasteiger charge is 2.31. The van der Waals surface area contributed by atoms with Gasteiger partial charge in [0.05, 0.1) is 18.8 Å². The van der Waals surface area contributed by atoms with Gasteiger partial charge in [0.2, 0.25) is 0 Å². The highest BCUT2D eigenvalue weighted by atomic mass is 16.5. The molecule has 2 aliphatic heterocycles. The van der Waals surface area contributed by atoms with Crippen molar-refractivity contribution >= 4 is 17.8 Å². The van der Waals surface area contributed by atoms with E-state index in [-0.39, 0.29) is 12.0 Å². The summed E-state index contributed by atoms with van der Waals surface area (Å²) in [5.41, 5.74) is 2.81. The lowest BCUT2D eigenvalue weighted by Gasteiger charge is -2.25. The second-order valence-corrected chi connectivity index (χ2v) is 6.91. The van der Waals surface area contributed by atoms with Crippen LogP contribution in [0.4, 0.5) is 5.69 Å². The van der Waals surface area contributed by atoms with Crippen molar-refractivity contribution in [3.05, 3.63) is 29.3 Å². The van der Waals surface area contributed by atoms with E-state index in [1.165, 1.54) is 24.8 Å². The number of nitrogens with zero attached hydrogens (tertiary/aromatic N) is 2. The molecule has 0 bridgehead atoms. The van der Waals surface area contributed by atoms with E-state index < -0.39 is 0 Å². The number of aliphatic imine (C=N–C) groups is 1. The molecule has 0 spiro atoms. The van der Waals surface area contributed by atoms with Gasteiger partial charge in [-0.05, 0) is 49.8 Å². The number of hydrogen-bond donors (Lipinski definition) is 0. The average molecular weight is 340 g/mol. The van der Waals surface area contributed by atoms with Gasteiger partial charge in [-0.25, -0.2) is 0 Å². The molecule has 0 N–H and O–H groups in total. The van der Waals surface area contributed by atoms with E-state index in [2.05, 4.69) is 4.99 Å². The molecule has 4 rings (SSSR count). The predicted molar refractivity (Wildman–Crippen MR) is 97.9 cm³/mol. The summed E-state index contributed by atoms with van der Waals surface area (Å²) >= 11 is 0. The predicted octanol–water partition coefficient (Wildman–Crippen LogP) is 3.52. The van der Waals surface area contributed by atoms with E-state index in [0.29, 0.717) is 6.54 Å². The number of dihydropyridines is 1. The summed E-state index contributed by atoms with van der Waals surface area (Å²) in [4.78, 5) is 18.8. The van der Waals surface area contributed by atoms with Crippen LogP contribution in [-0.2, 0) is 4.79 Å². The van der Waals surface area contributed by atoms with Gasteiger partial charge in [0.15, 0.2) is 11.5 Å². The topological polar surface area (TPSA) is 51.1 Å². The summed E-state index contributed by atoms with van der Waals surface area (Å²) in [7, 11) is 1.65. The van der Waals surface area contributed by atoms with Gasteiger partial charge in [0.1, 0.15) is 0 Å². The molecule has 1 saturated carbocycles. The van der Waals surface area contributed by atoms with Crippen LogP contribution in [0.3, 0.4) is 0 Å². The Morgan fingerprint density at radius 2 is 2.00 bits per heavy atom. The van der Waals surface area contributed by atoms with Gasteiger partial charge in [-0.15, -0.1) is 0 Å². The molecule has 1 aliphatic carbocycles. The zero-order chi connectivity index (χ0) is 17.2. The Kier molecular flexibility index (Phi) is 4.47. The van der Waals surface area contributed by atoms with Crippen LogP contribution in [0.2, 0.25) is 0 Å². The molecule has 2 heterocycles. The summed E-state index contributed by atoms with van der Waals surface area (Å²) in [5, 5.41) is 0. The zero-order valence-corrected chi connectivity index (χ0v) is 14.7. The van der Waals surface area contributed by atoms with Crippen molar-refractivity contribution < 1.29 is 14.3 Å². The number of benzene rings is 1. The number of anilines is 1. The lowest BCUT2D eigenvalue weighted by Crippen LogP contribution is -2.27. The number of amides is 1. The summed E-state index contributed by atoms with van der Waals surface area (Å²) in [6.45, 7) is 1.42. The van der Waals surface area contributed by atoms with Crippen molar-refractivity contribution in [2.45, 2.75) is 44.6 Å². The van der Waals surface area contributed by atoms with Crippen LogP contribution < -0.4 is 14.4 Å². The second kappa shape index (κ2) is 6.90. The number of carbonyl (C=O) groups is 1. The Morgan fingerprint density at radius 1 is 1.16 bits per heavy atom. The summed E-state index contributed by atoms with van der Waals surface area (Å²) in [6, 6.07) is 5.77. The Labute approximate surface area is 148 Å². The van der Waals surface area contributed by atoms with Gasteiger partial charge in [0.25, 0.3) is 5.91 Å². The molecule has 0 aromatic heterocycles. The number of carbonyl (C=O) groups excluding carboxylic acids is 1. The Hall–Kier alpha value is -2.30. The SMILES string of the molecule is COc1ccc(N2CC3=C(C=NCC3)C2=O)cc1OC1CCCCC1. The van der Waals surface area contributed by atoms with Gasteiger partial charge >= 0.3 is 0 Å². The smallest absolute Gasteiger partial charge is 0.260 e. The molecule has 1 aromatic carbocycles. The number of methoxy groups -OCH3 is 1. The van der Waals surface area contributed by atoms with E-state index in [1.54, 1.807) is 13.3 Å². The quantitative estimate of drug-likeness (QED) is 0.842. The molecule has 1 amide bonds. The van der Waals surface area contributed by atoms with Crippen LogP contribution >= 0.6 is 0 Å². The molecule has 0 radical (unpaired) electrons. The summed E-state index contributed by atoms with van der Waals surface area (Å²) in [5.74, 6) is 1.49. The van der Waals surface area contributed by atoms with Crippen molar-refractivity contribution in [1.82, 2.24) is 0 Å². The van der Waals surface area contributed by atoms with Crippen molar-refractivity contribution in [3.63, 3.8) is 0 Å². The third-order valence-corrected chi connectivity index (χ3v) is 5.27. The minimum Gasteiger partial charge on any atom is -0.493 e. The van der Waals surface area contributed by atoms with Crippen LogP contribution in [0.15, 0.2) is 34.3 Å². The summed E-state index contributed by atoms with van der Waals surface area (Å²) in [6.07, 6.45) is 8.73. The van der Waals surface area contributed by atoms with Gasteiger partial charge < -0.3 is 14.4 Å². The van der Waals surface area contributed by atoms with E-state index in [0.717, 1.165) is 48.6 Å². The average Bonchev–Trinajstić information content (AvgIpc) is 3.00. The molecule has 3 aliphatic rings. The second-order valence-electron chi connectivity index (χ2n) is 6.91. The lowest BCUT2D eigenvalue weighted by atomic mass is 9.98. The van der Waals surface area contributed by atoms with E-state index in [9.17, 15) is 4.79 Å². The Balaban J connectivity index is 1.57. The minimum atomic E-state index is 0.0345. The molecule has 1 fully saturated rings. The first-order valence-corrected chi connectivity index (χ1v) is 9.14. The highest BCUT2D eigenvalue weighted by Crippen LogP contribution is 2.37. The standard InChI is InChI=1S/C20H24N2O3/c1-24-18-8-7-15(11-19(18)25-16-5-3-2-4-6-16)22-13-14-9-10-21-12-17(14)20(22)23/h7-8,11-12,16H,2-6,9-10,13H2,1H3. The Morgan fingerprint density at radius 3 is 2.76 bits per heavy atom. The largest absolute Gasteiger partial charge is 0.493 e. The third-order valence-electron chi connectivity index (χ3n) is 5.27. The normalized spacial score (nSPS) is 20.8. The van der Waals surface area contributed by atoms with Crippen molar-refractivity contribution in [2.24, 2.45) is 4.99 Å². The highest BCUT2D eigenvalue weighted by molar-refractivity contribution is 6.22. The van der Waals surface area contributed by atoms with Crippen molar-refractivity contribution in [3.8, 4) is 11.5 Å². The van der Waals surface area contributed by atoms with Gasteiger partial charge in [-0.1, -0.05) is 6.42 Å². The molecule has 0 saturated heterocycles. The number of hydrogen-bond acceptors (Lipinski definition) is 4. The van der Waals surface area contributed by atoms with E-state index >= 15 is 0 Å². The molecular weight excluding hydrogens is 316 g/mol. The van der Waals surface area contributed by atoms with E-state index in [4.69, 9.17) is 9.47 Å². The van der Waals surface area contributed by atoms with Crippen LogP contribution in [-0.4, -0.2) is 38.4 Å². The molecular formula is C20H24N2O3. The van der Waals surface area contributed by atoms with Crippen molar-refractivity contribution in [1.29, 1.82) is 0 Å². The first-order valence-electron chi connectivity index (χ1n) is 9.14. The molecule has 5 nitrogen and oxygen atoms in total. The Bertz CT molecular complexity index is 732. The molecule has 132 valence electrons. The fourth-order valence-electron chi connectivity index (χ4n) is 3.86. The van der Waals surface area contributed by atoms with Gasteiger partial charge in [0, 0.05) is 31.1 Å². The van der Waals surface area contributed by atoms with Gasteiger partial charge in [-0.3, -0.25) is 9.79 Å². The van der Waals surface area contributed by atoms with Gasteiger partial charge in [-0.2, -0.15) is 0 Å². The molecule has 5 heteroatoms. The molecule has 0 unspecified atom stereocenters.